The molecule has 0 radical (unpaired) electrons. The van der Waals surface area contributed by atoms with Gasteiger partial charge in [-0.25, -0.2) is 9.97 Å². The summed E-state index contributed by atoms with van der Waals surface area (Å²) in [6, 6.07) is 9.43. The van der Waals surface area contributed by atoms with Crippen LogP contribution in [0.1, 0.15) is 29.0 Å². The molecule has 156 valence electrons. The number of hydrogen-bond donors (Lipinski definition) is 0. The van der Waals surface area contributed by atoms with Crippen LogP contribution in [0.5, 0.6) is 0 Å². The van der Waals surface area contributed by atoms with Gasteiger partial charge >= 0.3 is 0 Å². The van der Waals surface area contributed by atoms with Gasteiger partial charge in [0, 0.05) is 56.3 Å². The van der Waals surface area contributed by atoms with Gasteiger partial charge in [-0.15, -0.1) is 0 Å². The molecule has 1 aromatic carbocycles. The molecule has 1 unspecified atom stereocenters. The first-order valence-corrected chi connectivity index (χ1v) is 10.9. The van der Waals surface area contributed by atoms with Gasteiger partial charge < -0.3 is 14.2 Å². The Kier molecular flexibility index (Phi) is 6.03. The van der Waals surface area contributed by atoms with Crippen LogP contribution >= 0.6 is 11.8 Å². The summed E-state index contributed by atoms with van der Waals surface area (Å²) >= 11 is 1.47. The number of furan rings is 1. The van der Waals surface area contributed by atoms with E-state index in [1.807, 2.05) is 24.3 Å². The molecule has 1 saturated heterocycles. The van der Waals surface area contributed by atoms with Gasteiger partial charge in [0.1, 0.15) is 5.58 Å². The average molecular weight is 425 g/mol. The number of piperidine rings is 1. The standard InChI is InChI=1S/C22H24N4O3S/c1-25(2)20(27)15-7-5-12-26(13-15)21(28)19-17(14-30-22-23-10-6-11-24-22)16-8-3-4-9-18(16)29-19/h3-4,6,8-11,15H,5,7,12-14H2,1-2H3. The monoisotopic (exact) mass is 424 g/mol. The maximum absolute atomic E-state index is 13.4. The molecule has 0 spiro atoms. The average Bonchev–Trinajstić information content (AvgIpc) is 3.16. The summed E-state index contributed by atoms with van der Waals surface area (Å²) in [5, 5.41) is 1.57. The molecule has 3 heterocycles. The fraction of sp³-hybridized carbons (Fsp3) is 0.364. The molecule has 0 bridgehead atoms. The van der Waals surface area contributed by atoms with Gasteiger partial charge in [0.25, 0.3) is 5.91 Å². The van der Waals surface area contributed by atoms with E-state index in [1.54, 1.807) is 42.4 Å². The van der Waals surface area contributed by atoms with Crippen LogP contribution in [0.4, 0.5) is 0 Å². The van der Waals surface area contributed by atoms with E-state index in [1.165, 1.54) is 11.8 Å². The quantitative estimate of drug-likeness (QED) is 0.461. The lowest BCUT2D eigenvalue weighted by atomic mass is 9.96. The molecule has 2 amide bonds. The van der Waals surface area contributed by atoms with Crippen LogP contribution in [0.25, 0.3) is 11.0 Å². The van der Waals surface area contributed by atoms with Crippen molar-refractivity contribution in [3.63, 3.8) is 0 Å². The number of amides is 2. The molecule has 1 atom stereocenters. The van der Waals surface area contributed by atoms with Gasteiger partial charge in [-0.2, -0.15) is 0 Å². The zero-order valence-electron chi connectivity index (χ0n) is 17.1. The minimum atomic E-state index is -0.169. The fourth-order valence-electron chi connectivity index (χ4n) is 3.78. The first-order chi connectivity index (χ1) is 14.5. The summed E-state index contributed by atoms with van der Waals surface area (Å²) in [5.41, 5.74) is 1.53. The van der Waals surface area contributed by atoms with E-state index >= 15 is 0 Å². The highest BCUT2D eigenvalue weighted by molar-refractivity contribution is 7.98. The molecule has 4 rings (SSSR count). The van der Waals surface area contributed by atoms with E-state index in [0.29, 0.717) is 35.3 Å². The van der Waals surface area contributed by atoms with Crippen molar-refractivity contribution in [2.75, 3.05) is 27.2 Å². The Balaban J connectivity index is 1.61. The topological polar surface area (TPSA) is 79.5 Å². The normalized spacial score (nSPS) is 16.6. The second-order valence-corrected chi connectivity index (χ2v) is 8.49. The lowest BCUT2D eigenvalue weighted by Gasteiger charge is -2.32. The Labute approximate surface area is 179 Å². The van der Waals surface area contributed by atoms with Gasteiger partial charge in [0.2, 0.25) is 5.91 Å². The number of thioether (sulfide) groups is 1. The number of rotatable bonds is 5. The van der Waals surface area contributed by atoms with Crippen LogP contribution in [0.15, 0.2) is 52.3 Å². The summed E-state index contributed by atoms with van der Waals surface area (Å²) < 4.78 is 6.01. The van der Waals surface area contributed by atoms with Gasteiger partial charge in [-0.3, -0.25) is 9.59 Å². The summed E-state index contributed by atoms with van der Waals surface area (Å²) in [6.07, 6.45) is 5.00. The summed E-state index contributed by atoms with van der Waals surface area (Å²) in [5.74, 6) is 0.604. The predicted octanol–water partition coefficient (Wildman–Crippen LogP) is 3.46. The molecule has 1 fully saturated rings. The molecule has 1 aliphatic rings. The van der Waals surface area contributed by atoms with Crippen molar-refractivity contribution in [1.82, 2.24) is 19.8 Å². The van der Waals surface area contributed by atoms with Crippen molar-refractivity contribution in [2.45, 2.75) is 23.8 Å². The van der Waals surface area contributed by atoms with Gasteiger partial charge in [-0.1, -0.05) is 30.0 Å². The second-order valence-electron chi connectivity index (χ2n) is 7.55. The van der Waals surface area contributed by atoms with E-state index in [4.69, 9.17) is 4.42 Å². The van der Waals surface area contributed by atoms with Crippen molar-refractivity contribution < 1.29 is 14.0 Å². The summed E-state index contributed by atoms with van der Waals surface area (Å²) in [7, 11) is 3.51. The molecule has 0 aliphatic carbocycles. The molecule has 30 heavy (non-hydrogen) atoms. The minimum Gasteiger partial charge on any atom is -0.451 e. The third kappa shape index (κ3) is 4.18. The zero-order chi connectivity index (χ0) is 21.1. The highest BCUT2D eigenvalue weighted by Crippen LogP contribution is 2.32. The number of benzene rings is 1. The number of para-hydroxylation sites is 1. The smallest absolute Gasteiger partial charge is 0.289 e. The van der Waals surface area contributed by atoms with Crippen molar-refractivity contribution in [2.24, 2.45) is 5.92 Å². The Bertz CT molecular complexity index is 1050. The Hall–Kier alpha value is -2.87. The molecule has 0 N–H and O–H groups in total. The number of fused-ring (bicyclic) bond motifs is 1. The highest BCUT2D eigenvalue weighted by Gasteiger charge is 2.32. The minimum absolute atomic E-state index is 0.0640. The van der Waals surface area contributed by atoms with Crippen molar-refractivity contribution in [3.05, 3.63) is 54.0 Å². The van der Waals surface area contributed by atoms with E-state index in [0.717, 1.165) is 23.8 Å². The maximum atomic E-state index is 13.4. The number of nitrogens with zero attached hydrogens (tertiary/aromatic N) is 4. The van der Waals surface area contributed by atoms with Gasteiger partial charge in [-0.05, 0) is 25.0 Å². The van der Waals surface area contributed by atoms with Crippen LogP contribution in [0.2, 0.25) is 0 Å². The largest absolute Gasteiger partial charge is 0.451 e. The molecular weight excluding hydrogens is 400 g/mol. The van der Waals surface area contributed by atoms with Crippen LogP contribution in [0, 0.1) is 5.92 Å². The Morgan fingerprint density at radius 2 is 1.97 bits per heavy atom. The first kappa shape index (κ1) is 20.4. The van der Waals surface area contributed by atoms with E-state index in [2.05, 4.69) is 9.97 Å². The Morgan fingerprint density at radius 3 is 2.73 bits per heavy atom. The second kappa shape index (κ2) is 8.87. The number of carbonyl (C=O) groups excluding carboxylic acids is 2. The highest BCUT2D eigenvalue weighted by atomic mass is 32.2. The van der Waals surface area contributed by atoms with Gasteiger partial charge in [0.05, 0.1) is 5.92 Å². The number of hydrogen-bond acceptors (Lipinski definition) is 6. The number of carbonyl (C=O) groups is 2. The molecular formula is C22H24N4O3S. The lowest BCUT2D eigenvalue weighted by Crippen LogP contribution is -2.45. The molecule has 3 aromatic rings. The first-order valence-electron chi connectivity index (χ1n) is 9.95. The predicted molar refractivity (Wildman–Crippen MR) is 115 cm³/mol. The van der Waals surface area contributed by atoms with E-state index in [9.17, 15) is 9.59 Å². The number of aromatic nitrogens is 2. The van der Waals surface area contributed by atoms with E-state index in [-0.39, 0.29) is 17.7 Å². The molecule has 1 aliphatic heterocycles. The molecule has 7 nitrogen and oxygen atoms in total. The third-order valence-electron chi connectivity index (χ3n) is 5.28. The van der Waals surface area contributed by atoms with Crippen LogP contribution in [0.3, 0.4) is 0 Å². The summed E-state index contributed by atoms with van der Waals surface area (Å²) in [4.78, 5) is 37.7. The third-order valence-corrected chi connectivity index (χ3v) is 6.18. The summed E-state index contributed by atoms with van der Waals surface area (Å²) in [6.45, 7) is 1.04. The van der Waals surface area contributed by atoms with Crippen LogP contribution in [-0.2, 0) is 10.5 Å². The van der Waals surface area contributed by atoms with Crippen LogP contribution in [-0.4, -0.2) is 58.8 Å². The van der Waals surface area contributed by atoms with Gasteiger partial charge in [0.15, 0.2) is 10.9 Å². The molecule has 0 saturated carbocycles. The van der Waals surface area contributed by atoms with Crippen LogP contribution < -0.4 is 0 Å². The SMILES string of the molecule is CN(C)C(=O)C1CCCN(C(=O)c2oc3ccccc3c2CSc2ncccn2)C1. The van der Waals surface area contributed by atoms with Crippen molar-refractivity contribution in [3.8, 4) is 0 Å². The lowest BCUT2D eigenvalue weighted by molar-refractivity contribution is -0.134. The van der Waals surface area contributed by atoms with Crippen molar-refractivity contribution in [1.29, 1.82) is 0 Å². The van der Waals surface area contributed by atoms with Crippen molar-refractivity contribution >= 4 is 34.5 Å². The Morgan fingerprint density at radius 1 is 1.20 bits per heavy atom. The maximum Gasteiger partial charge on any atom is 0.289 e. The molecule has 8 heteroatoms. The fourth-order valence-corrected chi connectivity index (χ4v) is 4.61. The molecule has 2 aromatic heterocycles. The zero-order valence-corrected chi connectivity index (χ0v) is 17.9. The van der Waals surface area contributed by atoms with E-state index < -0.39 is 0 Å². The number of likely N-dealkylation sites (tertiary alicyclic amines) is 1.